The Balaban J connectivity index is 1.81. The fraction of sp³-hybridized carbons (Fsp3) is 0.368. The molecular formula is C19H21NO. The zero-order valence-corrected chi connectivity index (χ0v) is 12.4. The van der Waals surface area contributed by atoms with Crippen molar-refractivity contribution >= 4 is 5.69 Å². The molecule has 1 saturated heterocycles. The number of anilines is 1. The second-order valence-corrected chi connectivity index (χ2v) is 6.17. The predicted molar refractivity (Wildman–Crippen MR) is 85.4 cm³/mol. The van der Waals surface area contributed by atoms with E-state index in [2.05, 4.69) is 60.8 Å². The second-order valence-electron chi connectivity index (χ2n) is 6.17. The van der Waals surface area contributed by atoms with Crippen molar-refractivity contribution in [2.75, 3.05) is 11.9 Å². The van der Waals surface area contributed by atoms with Gasteiger partial charge in [0, 0.05) is 23.8 Å². The molecule has 0 saturated carbocycles. The van der Waals surface area contributed by atoms with Gasteiger partial charge in [-0.15, -0.1) is 0 Å². The van der Waals surface area contributed by atoms with Crippen molar-refractivity contribution in [2.45, 2.75) is 31.9 Å². The van der Waals surface area contributed by atoms with Crippen LogP contribution in [-0.4, -0.2) is 6.61 Å². The molecule has 4 rings (SSSR count). The third-order valence-electron chi connectivity index (χ3n) is 4.87. The Kier molecular flexibility index (Phi) is 3.19. The monoisotopic (exact) mass is 279 g/mol. The summed E-state index contributed by atoms with van der Waals surface area (Å²) in [4.78, 5) is 0. The smallest absolute Gasteiger partial charge is 0.0895 e. The largest absolute Gasteiger partial charge is 0.377 e. The molecule has 0 spiro atoms. The number of rotatable bonds is 1. The third kappa shape index (κ3) is 2.14. The van der Waals surface area contributed by atoms with E-state index in [1.54, 1.807) is 0 Å². The molecule has 0 radical (unpaired) electrons. The fourth-order valence-corrected chi connectivity index (χ4v) is 3.84. The predicted octanol–water partition coefficient (Wildman–Crippen LogP) is 4.63. The first-order chi connectivity index (χ1) is 10.3. The van der Waals surface area contributed by atoms with Crippen LogP contribution in [-0.2, 0) is 4.74 Å². The topological polar surface area (TPSA) is 21.3 Å². The molecule has 2 aromatic rings. The number of hydrogen-bond acceptors (Lipinski definition) is 2. The van der Waals surface area contributed by atoms with Gasteiger partial charge in [0.05, 0.1) is 12.1 Å². The molecule has 3 atom stereocenters. The molecule has 0 aliphatic carbocycles. The lowest BCUT2D eigenvalue weighted by Gasteiger charge is -2.44. The van der Waals surface area contributed by atoms with Crippen molar-refractivity contribution in [3.8, 4) is 0 Å². The minimum atomic E-state index is 0.236. The van der Waals surface area contributed by atoms with Gasteiger partial charge in [0.25, 0.3) is 0 Å². The fourth-order valence-electron chi connectivity index (χ4n) is 3.84. The van der Waals surface area contributed by atoms with Gasteiger partial charge in [0.1, 0.15) is 0 Å². The van der Waals surface area contributed by atoms with Crippen LogP contribution in [0, 0.1) is 12.8 Å². The maximum absolute atomic E-state index is 6.18. The lowest BCUT2D eigenvalue weighted by molar-refractivity contribution is -0.0381. The highest BCUT2D eigenvalue weighted by Gasteiger charge is 2.39. The number of aryl methyl sites for hydroxylation is 1. The van der Waals surface area contributed by atoms with E-state index in [0.29, 0.717) is 12.0 Å². The van der Waals surface area contributed by atoms with Crippen molar-refractivity contribution in [1.82, 2.24) is 0 Å². The summed E-state index contributed by atoms with van der Waals surface area (Å²) in [6, 6.07) is 17.7. The van der Waals surface area contributed by atoms with Crippen LogP contribution in [0.2, 0.25) is 0 Å². The Labute approximate surface area is 126 Å². The van der Waals surface area contributed by atoms with Crippen molar-refractivity contribution < 1.29 is 4.74 Å². The summed E-state index contributed by atoms with van der Waals surface area (Å²) in [7, 11) is 0. The zero-order chi connectivity index (χ0) is 14.2. The van der Waals surface area contributed by atoms with E-state index in [-0.39, 0.29) is 6.10 Å². The lowest BCUT2D eigenvalue weighted by Crippen LogP contribution is -2.36. The molecule has 0 amide bonds. The highest BCUT2D eigenvalue weighted by atomic mass is 16.5. The van der Waals surface area contributed by atoms with Gasteiger partial charge in [0.15, 0.2) is 0 Å². The summed E-state index contributed by atoms with van der Waals surface area (Å²) in [6.07, 6.45) is 2.62. The van der Waals surface area contributed by atoms with E-state index >= 15 is 0 Å². The molecule has 2 aromatic carbocycles. The summed E-state index contributed by atoms with van der Waals surface area (Å²) in [5.74, 6) is 0.524. The van der Waals surface area contributed by atoms with Crippen molar-refractivity contribution in [3.05, 3.63) is 65.2 Å². The molecule has 0 aromatic heterocycles. The van der Waals surface area contributed by atoms with E-state index in [4.69, 9.17) is 4.74 Å². The van der Waals surface area contributed by atoms with E-state index in [0.717, 1.165) is 13.0 Å². The first kappa shape index (κ1) is 12.9. The van der Waals surface area contributed by atoms with Gasteiger partial charge in [-0.05, 0) is 30.9 Å². The Morgan fingerprint density at radius 1 is 1.05 bits per heavy atom. The molecule has 1 N–H and O–H groups in total. The quantitative estimate of drug-likeness (QED) is 0.821. The molecule has 2 nitrogen and oxygen atoms in total. The van der Waals surface area contributed by atoms with E-state index < -0.39 is 0 Å². The van der Waals surface area contributed by atoms with Gasteiger partial charge in [0.2, 0.25) is 0 Å². The molecule has 21 heavy (non-hydrogen) atoms. The summed E-state index contributed by atoms with van der Waals surface area (Å²) in [6.45, 7) is 3.06. The normalized spacial score (nSPS) is 27.4. The maximum atomic E-state index is 6.18. The van der Waals surface area contributed by atoms with Crippen molar-refractivity contribution in [3.63, 3.8) is 0 Å². The Hall–Kier alpha value is -1.80. The standard InChI is InChI=1S/C19H21NO/c1-13-7-5-10-15-17(13)20-18(14-8-3-2-4-9-14)16-11-6-12-21-19(15)16/h2-5,7-10,16,18-20H,6,11-12H2,1H3/t16-,18+,19+/m1/s1. The number of fused-ring (bicyclic) bond motifs is 3. The molecule has 2 aliphatic rings. The molecule has 2 heterocycles. The SMILES string of the molecule is Cc1cccc2c1N[C@@H](c1ccccc1)[C@H]1CCCO[C@@H]21. The lowest BCUT2D eigenvalue weighted by atomic mass is 9.77. The first-order valence-corrected chi connectivity index (χ1v) is 7.87. The molecule has 0 unspecified atom stereocenters. The summed E-state index contributed by atoms with van der Waals surface area (Å²) in [5.41, 5.74) is 5.29. The van der Waals surface area contributed by atoms with E-state index in [9.17, 15) is 0 Å². The van der Waals surface area contributed by atoms with Crippen molar-refractivity contribution in [1.29, 1.82) is 0 Å². The molecular weight excluding hydrogens is 258 g/mol. The van der Waals surface area contributed by atoms with Crippen LogP contribution in [0.15, 0.2) is 48.5 Å². The molecule has 2 heteroatoms. The summed E-state index contributed by atoms with van der Waals surface area (Å²) >= 11 is 0. The molecule has 1 fully saturated rings. The van der Waals surface area contributed by atoms with Crippen LogP contribution in [0.1, 0.15) is 41.7 Å². The molecule has 2 aliphatic heterocycles. The second kappa shape index (κ2) is 5.19. The van der Waals surface area contributed by atoms with Crippen LogP contribution in [0.5, 0.6) is 0 Å². The van der Waals surface area contributed by atoms with E-state index in [1.807, 2.05) is 0 Å². The van der Waals surface area contributed by atoms with Crippen LogP contribution in [0.4, 0.5) is 5.69 Å². The number of benzene rings is 2. The Bertz CT molecular complexity index is 637. The highest BCUT2D eigenvalue weighted by Crippen LogP contribution is 2.49. The Morgan fingerprint density at radius 3 is 2.76 bits per heavy atom. The zero-order valence-electron chi connectivity index (χ0n) is 12.4. The van der Waals surface area contributed by atoms with Crippen molar-refractivity contribution in [2.24, 2.45) is 5.92 Å². The number of hydrogen-bond donors (Lipinski definition) is 1. The van der Waals surface area contributed by atoms with Gasteiger partial charge >= 0.3 is 0 Å². The van der Waals surface area contributed by atoms with Gasteiger partial charge in [-0.1, -0.05) is 48.5 Å². The number of nitrogens with one attached hydrogen (secondary N) is 1. The first-order valence-electron chi connectivity index (χ1n) is 7.87. The third-order valence-corrected chi connectivity index (χ3v) is 4.87. The van der Waals surface area contributed by atoms with Gasteiger partial charge in [-0.3, -0.25) is 0 Å². The number of ether oxygens (including phenoxy) is 1. The van der Waals surface area contributed by atoms with Gasteiger partial charge in [-0.25, -0.2) is 0 Å². The average Bonchev–Trinajstić information content (AvgIpc) is 2.55. The minimum absolute atomic E-state index is 0.236. The maximum Gasteiger partial charge on any atom is 0.0895 e. The summed E-state index contributed by atoms with van der Waals surface area (Å²) < 4.78 is 6.18. The van der Waals surface area contributed by atoms with Gasteiger partial charge < -0.3 is 10.1 Å². The van der Waals surface area contributed by atoms with Crippen LogP contribution in [0.3, 0.4) is 0 Å². The number of para-hydroxylation sites is 1. The molecule has 0 bridgehead atoms. The highest BCUT2D eigenvalue weighted by molar-refractivity contribution is 5.61. The van der Waals surface area contributed by atoms with Gasteiger partial charge in [-0.2, -0.15) is 0 Å². The summed E-state index contributed by atoms with van der Waals surface area (Å²) in [5, 5.41) is 3.80. The van der Waals surface area contributed by atoms with E-state index in [1.165, 1.54) is 28.8 Å². The van der Waals surface area contributed by atoms with Crippen LogP contribution in [0.25, 0.3) is 0 Å². The minimum Gasteiger partial charge on any atom is -0.377 e. The van der Waals surface area contributed by atoms with Crippen LogP contribution >= 0.6 is 0 Å². The molecule has 108 valence electrons. The average molecular weight is 279 g/mol. The Morgan fingerprint density at radius 2 is 1.90 bits per heavy atom. The van der Waals surface area contributed by atoms with Crippen LogP contribution < -0.4 is 5.32 Å².